The van der Waals surface area contributed by atoms with E-state index in [1.807, 2.05) is 0 Å². The second-order valence-electron chi connectivity index (χ2n) is 6.85. The Balaban J connectivity index is 0. The average Bonchev–Trinajstić information content (AvgIpc) is 2.53. The fraction of sp³-hybridized carbons (Fsp3) is 0.947. The number of unbranched alkanes of at least 4 members (excludes halogenated alkanes) is 8. The van der Waals surface area contributed by atoms with E-state index < -0.39 is 12.0 Å². The number of carboxylic acids is 1. The van der Waals surface area contributed by atoms with Gasteiger partial charge < -0.3 is 9.90 Å². The molecule has 2 unspecified atom stereocenters. The van der Waals surface area contributed by atoms with Crippen LogP contribution >= 0.6 is 0 Å². The van der Waals surface area contributed by atoms with Crippen molar-refractivity contribution >= 4 is 5.97 Å². The summed E-state index contributed by atoms with van der Waals surface area (Å²) in [6, 6.07) is -1.15. The molecule has 0 amide bonds. The number of carbonyl (C=O) groups excluding carboxylic acids is 1. The molecule has 0 aliphatic carbocycles. The standard InChI is InChI=1S/C19H38FNO2.Na/c1-4-6-8-10-11-13-15-18(14-12-9-7-5-2)16-21(20)17(3)19(22)23;/h17-18H,4-16H2,1-3H3,(H,22,23);/q;+1/p-1. The smallest absolute Gasteiger partial charge is 0.548 e. The second-order valence-corrected chi connectivity index (χ2v) is 6.85. The Labute approximate surface area is 171 Å². The van der Waals surface area contributed by atoms with Gasteiger partial charge in [0.1, 0.15) is 0 Å². The number of rotatable bonds is 16. The third-order valence-electron chi connectivity index (χ3n) is 4.63. The van der Waals surface area contributed by atoms with Crippen molar-refractivity contribution in [3.05, 3.63) is 0 Å². The minimum absolute atomic E-state index is 0. The van der Waals surface area contributed by atoms with Crippen LogP contribution < -0.4 is 34.7 Å². The molecule has 3 nitrogen and oxygen atoms in total. The number of hydrogen-bond acceptors (Lipinski definition) is 3. The van der Waals surface area contributed by atoms with Crippen LogP contribution in [0.25, 0.3) is 0 Å². The quantitative estimate of drug-likeness (QED) is 0.241. The molecule has 24 heavy (non-hydrogen) atoms. The minimum atomic E-state index is -1.34. The van der Waals surface area contributed by atoms with Gasteiger partial charge in [-0.15, -0.1) is 9.60 Å². The van der Waals surface area contributed by atoms with E-state index in [2.05, 4.69) is 13.8 Å². The fourth-order valence-electron chi connectivity index (χ4n) is 2.92. The largest absolute Gasteiger partial charge is 1.00 e. The molecule has 0 bridgehead atoms. The number of nitrogens with zero attached hydrogens (tertiary/aromatic N) is 1. The van der Waals surface area contributed by atoms with E-state index in [0.717, 1.165) is 25.7 Å². The van der Waals surface area contributed by atoms with Gasteiger partial charge >= 0.3 is 29.6 Å². The summed E-state index contributed by atoms with van der Waals surface area (Å²) in [5, 5.41) is 11.2. The predicted octanol–water partition coefficient (Wildman–Crippen LogP) is 1.65. The SMILES string of the molecule is CCCCCCCCC(CCCCCC)CN(F)C(C)C(=O)[O-].[Na+]. The molecule has 0 rings (SSSR count). The molecule has 0 N–H and O–H groups in total. The molecular formula is C19H37FNNaO2. The maximum atomic E-state index is 14.0. The third-order valence-corrected chi connectivity index (χ3v) is 4.63. The first-order chi connectivity index (χ1) is 11.0. The number of carbonyl (C=O) groups is 1. The summed E-state index contributed by atoms with van der Waals surface area (Å²) in [6.07, 6.45) is 14.1. The van der Waals surface area contributed by atoms with Crippen LogP contribution in [0.2, 0.25) is 0 Å². The Morgan fingerprint density at radius 3 is 1.79 bits per heavy atom. The molecule has 2 atom stereocenters. The van der Waals surface area contributed by atoms with Crippen LogP contribution in [0.15, 0.2) is 0 Å². The summed E-state index contributed by atoms with van der Waals surface area (Å²) >= 11 is 0. The van der Waals surface area contributed by atoms with Crippen LogP contribution in [0.3, 0.4) is 0 Å². The zero-order chi connectivity index (χ0) is 17.5. The minimum Gasteiger partial charge on any atom is -0.548 e. The molecule has 0 aromatic heterocycles. The maximum absolute atomic E-state index is 14.0. The van der Waals surface area contributed by atoms with Gasteiger partial charge in [0.25, 0.3) is 0 Å². The van der Waals surface area contributed by atoms with Gasteiger partial charge in [0.05, 0.1) is 12.0 Å². The molecule has 0 aliphatic rings. The van der Waals surface area contributed by atoms with Gasteiger partial charge in [-0.05, 0) is 25.7 Å². The number of hydrogen-bond donors (Lipinski definition) is 0. The molecule has 0 aromatic carbocycles. The fourth-order valence-corrected chi connectivity index (χ4v) is 2.92. The van der Waals surface area contributed by atoms with E-state index in [4.69, 9.17) is 0 Å². The molecule has 0 heterocycles. The van der Waals surface area contributed by atoms with E-state index in [1.165, 1.54) is 58.3 Å². The molecule has 0 aliphatic heterocycles. The van der Waals surface area contributed by atoms with Crippen LogP contribution in [-0.2, 0) is 4.79 Å². The first-order valence-corrected chi connectivity index (χ1v) is 9.66. The molecule has 0 fully saturated rings. The number of aliphatic carboxylic acids is 1. The van der Waals surface area contributed by atoms with E-state index in [1.54, 1.807) is 0 Å². The Bertz CT molecular complexity index is 293. The zero-order valence-electron chi connectivity index (χ0n) is 16.5. The monoisotopic (exact) mass is 353 g/mol. The number of halogens is 1. The van der Waals surface area contributed by atoms with Gasteiger partial charge in [0, 0.05) is 6.54 Å². The van der Waals surface area contributed by atoms with Crippen LogP contribution in [0.4, 0.5) is 4.48 Å². The van der Waals surface area contributed by atoms with Crippen molar-refractivity contribution in [1.29, 1.82) is 0 Å². The molecule has 0 aromatic rings. The Morgan fingerprint density at radius 2 is 1.33 bits per heavy atom. The van der Waals surface area contributed by atoms with Gasteiger partial charge in [-0.3, -0.25) is 0 Å². The second kappa shape index (κ2) is 18.2. The normalized spacial score (nSPS) is 13.5. The summed E-state index contributed by atoms with van der Waals surface area (Å²) in [5.74, 6) is -1.08. The average molecular weight is 353 g/mol. The zero-order valence-corrected chi connectivity index (χ0v) is 18.5. The van der Waals surface area contributed by atoms with Crippen LogP contribution in [-0.4, -0.2) is 23.7 Å². The van der Waals surface area contributed by atoms with Gasteiger partial charge in [-0.1, -0.05) is 78.1 Å². The first-order valence-electron chi connectivity index (χ1n) is 9.66. The van der Waals surface area contributed by atoms with Crippen molar-refractivity contribution in [2.45, 2.75) is 104 Å². The van der Waals surface area contributed by atoms with Crippen molar-refractivity contribution in [2.75, 3.05) is 6.54 Å². The third kappa shape index (κ3) is 14.7. The van der Waals surface area contributed by atoms with Crippen molar-refractivity contribution < 1.29 is 43.9 Å². The summed E-state index contributed by atoms with van der Waals surface area (Å²) in [6.45, 7) is 5.96. The maximum Gasteiger partial charge on any atom is 1.00 e. The predicted molar refractivity (Wildman–Crippen MR) is 92.5 cm³/mol. The molecule has 5 heteroatoms. The molecule has 138 valence electrons. The van der Waals surface area contributed by atoms with Crippen LogP contribution in [0, 0.1) is 5.92 Å². The van der Waals surface area contributed by atoms with Crippen molar-refractivity contribution in [1.82, 2.24) is 5.12 Å². The summed E-state index contributed by atoms with van der Waals surface area (Å²) in [5.41, 5.74) is 0. The van der Waals surface area contributed by atoms with Crippen molar-refractivity contribution in [3.63, 3.8) is 0 Å². The van der Waals surface area contributed by atoms with E-state index >= 15 is 0 Å². The van der Waals surface area contributed by atoms with Crippen molar-refractivity contribution in [3.8, 4) is 0 Å². The Morgan fingerprint density at radius 1 is 0.917 bits per heavy atom. The Kier molecular flexibility index (Phi) is 20.1. The summed E-state index contributed by atoms with van der Waals surface area (Å²) in [4.78, 5) is 10.8. The summed E-state index contributed by atoms with van der Waals surface area (Å²) < 4.78 is 14.0. The molecular weight excluding hydrogens is 316 g/mol. The van der Waals surface area contributed by atoms with Gasteiger partial charge in [0.15, 0.2) is 0 Å². The van der Waals surface area contributed by atoms with Gasteiger partial charge in [-0.2, -0.15) is 0 Å². The Hall–Kier alpha value is 0.360. The van der Waals surface area contributed by atoms with Gasteiger partial charge in [-0.25, -0.2) is 0 Å². The molecule has 0 spiro atoms. The summed E-state index contributed by atoms with van der Waals surface area (Å²) in [7, 11) is 0. The molecule has 0 saturated heterocycles. The van der Waals surface area contributed by atoms with Crippen LogP contribution in [0.1, 0.15) is 97.8 Å². The molecule has 0 radical (unpaired) electrons. The number of carboxylic acid groups (broad SMARTS) is 1. The first kappa shape index (κ1) is 26.6. The molecule has 0 saturated carbocycles. The topological polar surface area (TPSA) is 43.4 Å². The van der Waals surface area contributed by atoms with E-state index in [9.17, 15) is 14.4 Å². The van der Waals surface area contributed by atoms with E-state index in [0.29, 0.717) is 5.12 Å². The van der Waals surface area contributed by atoms with E-state index in [-0.39, 0.29) is 42.0 Å². The van der Waals surface area contributed by atoms with Crippen molar-refractivity contribution in [2.24, 2.45) is 5.92 Å². The van der Waals surface area contributed by atoms with Gasteiger partial charge in [0.2, 0.25) is 0 Å². The van der Waals surface area contributed by atoms with Crippen LogP contribution in [0.5, 0.6) is 0 Å².